The lowest BCUT2D eigenvalue weighted by atomic mass is 9.51. The average Bonchev–Trinajstić information content (AvgIpc) is 3.17. The fourth-order valence-corrected chi connectivity index (χ4v) is 8.83. The van der Waals surface area contributed by atoms with Crippen molar-refractivity contribution < 1.29 is 13.7 Å². The highest BCUT2D eigenvalue weighted by Gasteiger charge is 2.55. The van der Waals surface area contributed by atoms with Crippen LogP contribution in [-0.2, 0) is 20.3 Å². The molecule has 0 N–H and O–H groups in total. The number of allylic oxidation sites excluding steroid dienone is 5. The smallest absolute Gasteiger partial charge is 0.170 e. The Kier molecular flexibility index (Phi) is 5.98. The SMILES string of the molecule is CO/C(=C1/CC[C@H]2[C@@H]3CCC4=CC(=O)CC[C@]4(C)C3=CC[C@]12C)C(Cl)S(=O)c1ccccc1. The molecule has 2 fully saturated rings. The zero-order valence-corrected chi connectivity index (χ0v) is 21.3. The fraction of sp³-hybridized carbons (Fsp3) is 0.536. The Morgan fingerprint density at radius 3 is 2.64 bits per heavy atom. The summed E-state index contributed by atoms with van der Waals surface area (Å²) < 4.78 is 18.4. The first-order chi connectivity index (χ1) is 15.8. The summed E-state index contributed by atoms with van der Waals surface area (Å²) in [5.74, 6) is 2.05. The van der Waals surface area contributed by atoms with Crippen LogP contribution < -0.4 is 0 Å². The average molecular weight is 485 g/mol. The number of carbonyl (C=O) groups excluding carboxylic acids is 1. The maximum Gasteiger partial charge on any atom is 0.170 e. The van der Waals surface area contributed by atoms with Gasteiger partial charge in [0.05, 0.1) is 17.9 Å². The summed E-state index contributed by atoms with van der Waals surface area (Å²) in [6, 6.07) is 9.42. The summed E-state index contributed by atoms with van der Waals surface area (Å²) in [5.41, 5.74) is 4.16. The Morgan fingerprint density at radius 2 is 1.91 bits per heavy atom. The summed E-state index contributed by atoms with van der Waals surface area (Å²) in [6.45, 7) is 4.72. The summed E-state index contributed by atoms with van der Waals surface area (Å²) in [5, 5.41) is 0. The van der Waals surface area contributed by atoms with Crippen molar-refractivity contribution in [1.82, 2.24) is 0 Å². The van der Waals surface area contributed by atoms with Crippen LogP contribution in [0.3, 0.4) is 0 Å². The predicted octanol–water partition coefficient (Wildman–Crippen LogP) is 6.71. The second-order valence-electron chi connectivity index (χ2n) is 10.5. The van der Waals surface area contributed by atoms with Gasteiger partial charge in [-0.05, 0) is 79.6 Å². The van der Waals surface area contributed by atoms with Crippen molar-refractivity contribution in [1.29, 1.82) is 0 Å². The molecule has 3 nitrogen and oxygen atoms in total. The van der Waals surface area contributed by atoms with Gasteiger partial charge in [0, 0.05) is 16.7 Å². The van der Waals surface area contributed by atoms with Crippen LogP contribution in [0.25, 0.3) is 0 Å². The van der Waals surface area contributed by atoms with Crippen LogP contribution in [0, 0.1) is 22.7 Å². The largest absolute Gasteiger partial charge is 0.499 e. The summed E-state index contributed by atoms with van der Waals surface area (Å²) in [4.78, 5) is 12.8. The number of hydrogen-bond donors (Lipinski definition) is 0. The summed E-state index contributed by atoms with van der Waals surface area (Å²) in [7, 11) is 0.285. The van der Waals surface area contributed by atoms with Gasteiger partial charge < -0.3 is 4.74 Å². The minimum atomic E-state index is -1.38. The van der Waals surface area contributed by atoms with E-state index in [9.17, 15) is 9.00 Å². The standard InChI is InChI=1S/C28H33ClO3S/c1-27-15-13-19(30)17-18(27)9-10-21-22-11-12-24(28(22,2)16-14-23(21)27)25(32-3)26(29)33(31)20-7-5-4-6-8-20/h4-8,14,17,21-22,26H,9-13,15-16H2,1-3H3/b25-24-/t21-,22-,26?,27-,28-,33?/m0/s1. The molecule has 0 amide bonds. The summed E-state index contributed by atoms with van der Waals surface area (Å²) >= 11 is 6.83. The number of rotatable bonds is 4. The fourth-order valence-electron chi connectivity index (χ4n) is 7.21. The van der Waals surface area contributed by atoms with Crippen LogP contribution in [0.2, 0.25) is 0 Å². The molecule has 0 bridgehead atoms. The minimum absolute atomic E-state index is 0.0321. The maximum absolute atomic E-state index is 13.2. The molecule has 5 rings (SSSR count). The van der Waals surface area contributed by atoms with Gasteiger partial charge in [-0.15, -0.1) is 0 Å². The number of methoxy groups -OCH3 is 1. The van der Waals surface area contributed by atoms with Crippen molar-refractivity contribution in [2.75, 3.05) is 7.11 Å². The molecular formula is C28H33ClO3S. The van der Waals surface area contributed by atoms with Crippen molar-refractivity contribution in [2.45, 2.75) is 68.4 Å². The van der Waals surface area contributed by atoms with E-state index in [1.54, 1.807) is 12.7 Å². The molecule has 1 aromatic carbocycles. The maximum atomic E-state index is 13.2. The van der Waals surface area contributed by atoms with Gasteiger partial charge in [-0.3, -0.25) is 9.00 Å². The van der Waals surface area contributed by atoms with Crippen LogP contribution in [0.1, 0.15) is 58.8 Å². The van der Waals surface area contributed by atoms with E-state index in [0.29, 0.717) is 24.0 Å². The number of alkyl halides is 1. The van der Waals surface area contributed by atoms with E-state index in [1.165, 1.54) is 11.1 Å². The first kappa shape index (κ1) is 23.1. The van der Waals surface area contributed by atoms with E-state index >= 15 is 0 Å². The van der Waals surface area contributed by atoms with Gasteiger partial charge >= 0.3 is 0 Å². The highest BCUT2D eigenvalue weighted by atomic mass is 35.5. The van der Waals surface area contributed by atoms with Crippen LogP contribution in [-0.4, -0.2) is 21.8 Å². The molecule has 0 radical (unpaired) electrons. The molecule has 0 heterocycles. The van der Waals surface area contributed by atoms with Gasteiger partial charge in [0.2, 0.25) is 0 Å². The van der Waals surface area contributed by atoms with Crippen LogP contribution >= 0.6 is 11.6 Å². The lowest BCUT2D eigenvalue weighted by molar-refractivity contribution is -0.115. The van der Waals surface area contributed by atoms with Crippen LogP contribution in [0.4, 0.5) is 0 Å². The second-order valence-corrected chi connectivity index (χ2v) is 12.7. The molecule has 0 saturated heterocycles. The molecule has 176 valence electrons. The van der Waals surface area contributed by atoms with Gasteiger partial charge in [-0.1, -0.05) is 60.9 Å². The highest BCUT2D eigenvalue weighted by molar-refractivity contribution is 7.87. The van der Waals surface area contributed by atoms with Crippen molar-refractivity contribution in [3.05, 3.63) is 65.0 Å². The van der Waals surface area contributed by atoms with E-state index in [4.69, 9.17) is 16.3 Å². The molecule has 5 heteroatoms. The van der Waals surface area contributed by atoms with Crippen molar-refractivity contribution in [3.8, 4) is 0 Å². The van der Waals surface area contributed by atoms with E-state index in [1.807, 2.05) is 36.4 Å². The van der Waals surface area contributed by atoms with Crippen LogP contribution in [0.5, 0.6) is 0 Å². The number of fused-ring (bicyclic) bond motifs is 5. The van der Waals surface area contributed by atoms with Crippen molar-refractivity contribution >= 4 is 28.2 Å². The first-order valence-electron chi connectivity index (χ1n) is 12.1. The number of benzene rings is 1. The van der Waals surface area contributed by atoms with Crippen LogP contribution in [0.15, 0.2) is 69.9 Å². The number of hydrogen-bond acceptors (Lipinski definition) is 3. The van der Waals surface area contributed by atoms with E-state index < -0.39 is 15.5 Å². The Bertz CT molecular complexity index is 1090. The number of ether oxygens (including phenoxy) is 1. The predicted molar refractivity (Wildman–Crippen MR) is 133 cm³/mol. The van der Waals surface area contributed by atoms with Crippen molar-refractivity contribution in [2.24, 2.45) is 22.7 Å². The molecule has 4 aliphatic carbocycles. The lowest BCUT2D eigenvalue weighted by Gasteiger charge is -2.52. The number of carbonyl (C=O) groups is 1. The molecule has 1 aromatic rings. The summed E-state index contributed by atoms with van der Waals surface area (Å²) in [6.07, 6.45) is 11.1. The normalized spacial score (nSPS) is 36.5. The third kappa shape index (κ3) is 3.60. The Hall–Kier alpha value is -1.65. The molecule has 0 aliphatic heterocycles. The quantitative estimate of drug-likeness (QED) is 0.271. The molecule has 2 unspecified atom stereocenters. The van der Waals surface area contributed by atoms with Gasteiger partial charge in [0.1, 0.15) is 5.76 Å². The minimum Gasteiger partial charge on any atom is -0.499 e. The first-order valence-corrected chi connectivity index (χ1v) is 13.8. The molecule has 4 aliphatic rings. The van der Waals surface area contributed by atoms with Gasteiger partial charge in [0.15, 0.2) is 10.5 Å². The number of halogens is 1. The second kappa shape index (κ2) is 8.53. The van der Waals surface area contributed by atoms with E-state index in [0.717, 1.165) is 43.4 Å². The molecule has 33 heavy (non-hydrogen) atoms. The van der Waals surface area contributed by atoms with Gasteiger partial charge in [-0.2, -0.15) is 0 Å². The Labute approximate surface area is 204 Å². The lowest BCUT2D eigenvalue weighted by Crippen LogP contribution is -2.43. The van der Waals surface area contributed by atoms with E-state index in [2.05, 4.69) is 19.9 Å². The third-order valence-corrected chi connectivity index (χ3v) is 11.0. The molecule has 2 saturated carbocycles. The van der Waals surface area contributed by atoms with Gasteiger partial charge in [-0.25, -0.2) is 0 Å². The van der Waals surface area contributed by atoms with Crippen molar-refractivity contribution in [3.63, 3.8) is 0 Å². The van der Waals surface area contributed by atoms with E-state index in [-0.39, 0.29) is 16.6 Å². The molecule has 0 spiro atoms. The Balaban J connectivity index is 1.51. The highest BCUT2D eigenvalue weighted by Crippen LogP contribution is 2.65. The molecule has 0 aromatic heterocycles. The zero-order valence-electron chi connectivity index (χ0n) is 19.7. The Morgan fingerprint density at radius 1 is 1.15 bits per heavy atom. The molecule has 6 atom stereocenters. The topological polar surface area (TPSA) is 43.4 Å². The third-order valence-electron chi connectivity index (χ3n) is 9.01. The molecular weight excluding hydrogens is 452 g/mol. The zero-order chi connectivity index (χ0) is 23.4. The number of ketones is 1. The monoisotopic (exact) mass is 484 g/mol. The van der Waals surface area contributed by atoms with Gasteiger partial charge in [0.25, 0.3) is 0 Å².